The lowest BCUT2D eigenvalue weighted by Gasteiger charge is -2.36. The maximum absolute atomic E-state index is 13.9. The van der Waals surface area contributed by atoms with E-state index in [1.165, 1.54) is 12.3 Å². The molecule has 40 heavy (non-hydrogen) atoms. The minimum absolute atomic E-state index is 0.0239. The van der Waals surface area contributed by atoms with Crippen molar-refractivity contribution in [3.8, 4) is 11.4 Å². The van der Waals surface area contributed by atoms with E-state index in [-0.39, 0.29) is 38.2 Å². The second kappa shape index (κ2) is 11.3. The second-order valence-electron chi connectivity index (χ2n) is 10.2. The van der Waals surface area contributed by atoms with Gasteiger partial charge in [0, 0.05) is 35.9 Å². The monoisotopic (exact) mass is 594 g/mol. The highest BCUT2D eigenvalue weighted by molar-refractivity contribution is 7.88. The fourth-order valence-electron chi connectivity index (χ4n) is 4.49. The Bertz CT molecular complexity index is 1480. The molecule has 0 bridgehead atoms. The molecule has 1 aliphatic carbocycles. The van der Waals surface area contributed by atoms with Crippen LogP contribution >= 0.6 is 11.6 Å². The van der Waals surface area contributed by atoms with Gasteiger partial charge in [0.2, 0.25) is 5.75 Å². The van der Waals surface area contributed by atoms with Gasteiger partial charge in [0.1, 0.15) is 22.3 Å². The minimum Gasteiger partial charge on any atom is -0.598 e. The highest BCUT2D eigenvalue weighted by Crippen LogP contribution is 2.45. The summed E-state index contributed by atoms with van der Waals surface area (Å²) in [7, 11) is 0. The number of hydrogen-bond donors (Lipinski definition) is 1. The molecule has 1 saturated carbocycles. The van der Waals surface area contributed by atoms with Gasteiger partial charge in [0.15, 0.2) is 5.75 Å². The molecule has 2 fully saturated rings. The number of aromatic nitrogens is 2. The zero-order valence-electron chi connectivity index (χ0n) is 21.6. The van der Waals surface area contributed by atoms with E-state index in [9.17, 15) is 28.2 Å². The number of para-hydroxylation sites is 1. The highest BCUT2D eigenvalue weighted by atomic mass is 35.5. The van der Waals surface area contributed by atoms with Gasteiger partial charge in [0.05, 0.1) is 42.1 Å². The molecule has 1 unspecified atom stereocenters. The Morgan fingerprint density at radius 2 is 1.85 bits per heavy atom. The molecular weight excluding hydrogens is 568 g/mol. The molecular formula is C26H27ClF2N5O5S+. The Labute approximate surface area is 236 Å². The van der Waals surface area contributed by atoms with Crippen molar-refractivity contribution in [1.29, 1.82) is 0 Å². The van der Waals surface area contributed by atoms with Crippen LogP contribution in [-0.4, -0.2) is 61.6 Å². The third-order valence-corrected chi connectivity index (χ3v) is 8.89. The van der Waals surface area contributed by atoms with Crippen LogP contribution < -0.4 is 15.2 Å². The Balaban J connectivity index is 1.35. The van der Waals surface area contributed by atoms with E-state index < -0.39 is 28.6 Å². The van der Waals surface area contributed by atoms with Gasteiger partial charge in [-0.05, 0) is 37.1 Å². The number of rotatable bonds is 9. The molecule has 0 radical (unpaired) electrons. The van der Waals surface area contributed by atoms with Crippen LogP contribution in [0.3, 0.4) is 0 Å². The van der Waals surface area contributed by atoms with Crippen molar-refractivity contribution in [2.24, 2.45) is 5.41 Å². The molecule has 3 aromatic rings. The van der Waals surface area contributed by atoms with Crippen molar-refractivity contribution < 1.29 is 28.2 Å². The third-order valence-electron chi connectivity index (χ3n) is 7.08. The van der Waals surface area contributed by atoms with Crippen molar-refractivity contribution in [2.75, 3.05) is 37.7 Å². The van der Waals surface area contributed by atoms with E-state index in [1.54, 1.807) is 16.4 Å². The minimum atomic E-state index is -1.53. The zero-order valence-corrected chi connectivity index (χ0v) is 23.1. The molecule has 212 valence electrons. The molecule has 10 nitrogen and oxygen atoms in total. The molecule has 0 amide bonds. The summed E-state index contributed by atoms with van der Waals surface area (Å²) in [4.78, 5) is 26.6. The van der Waals surface area contributed by atoms with Crippen LogP contribution in [0.1, 0.15) is 25.3 Å². The summed E-state index contributed by atoms with van der Waals surface area (Å²) < 4.78 is 49.5. The summed E-state index contributed by atoms with van der Waals surface area (Å²) >= 11 is 4.50. The number of benzene rings is 2. The number of anilines is 1. The van der Waals surface area contributed by atoms with E-state index in [0.717, 1.165) is 29.7 Å². The average Bonchev–Trinajstić information content (AvgIpc) is 3.64. The lowest BCUT2D eigenvalue weighted by atomic mass is 10.2. The van der Waals surface area contributed by atoms with Crippen molar-refractivity contribution >= 4 is 34.3 Å². The standard InChI is InChI=1S/C26H27ClF2N5O5S/c1-26(5-6-26)16-39-24-22(14-30-33(25(24)35)20-12-18(28)11-19(29)13-20)31-7-9-32(10-8-31)40(38)15-17-3-2-4-21(27)23(17)34(36)37/h2-4,11-14H,5-10,15-16H2,1H3,(H,36,37)/q+1. The van der Waals surface area contributed by atoms with E-state index in [0.29, 0.717) is 50.1 Å². The van der Waals surface area contributed by atoms with E-state index in [2.05, 4.69) is 12.0 Å². The largest absolute Gasteiger partial charge is 0.598 e. The van der Waals surface area contributed by atoms with Crippen molar-refractivity contribution in [2.45, 2.75) is 25.5 Å². The van der Waals surface area contributed by atoms with Crippen molar-refractivity contribution in [1.82, 2.24) is 14.1 Å². The topological polar surface area (TPSA) is 114 Å². The summed E-state index contributed by atoms with van der Waals surface area (Å²) in [5.74, 6) is -1.66. The van der Waals surface area contributed by atoms with E-state index >= 15 is 0 Å². The fraction of sp³-hybridized carbons (Fsp3) is 0.385. The van der Waals surface area contributed by atoms with Gasteiger partial charge in [-0.1, -0.05) is 24.6 Å². The molecule has 1 aliphatic heterocycles. The van der Waals surface area contributed by atoms with Crippen LogP contribution in [0, 0.1) is 22.0 Å². The molecule has 2 aliphatic rings. The van der Waals surface area contributed by atoms with E-state index in [1.807, 2.05) is 4.90 Å². The summed E-state index contributed by atoms with van der Waals surface area (Å²) in [6.07, 6.45) is 3.37. The first-order valence-electron chi connectivity index (χ1n) is 12.6. The van der Waals surface area contributed by atoms with Crippen LogP contribution in [0.25, 0.3) is 5.69 Å². The highest BCUT2D eigenvalue weighted by Gasteiger charge is 2.39. The average molecular weight is 595 g/mol. The first-order valence-corrected chi connectivity index (χ1v) is 14.2. The molecule has 1 saturated heterocycles. The van der Waals surface area contributed by atoms with E-state index in [4.69, 9.17) is 16.3 Å². The third kappa shape index (κ3) is 6.07. The summed E-state index contributed by atoms with van der Waals surface area (Å²) in [6.45, 7) is 3.85. The quantitative estimate of drug-likeness (QED) is 0.291. The van der Waals surface area contributed by atoms with Gasteiger partial charge < -0.3 is 14.2 Å². The van der Waals surface area contributed by atoms with Crippen molar-refractivity contribution in [3.63, 3.8) is 0 Å². The van der Waals surface area contributed by atoms with Gasteiger partial charge in [0.25, 0.3) is 4.92 Å². The Hall–Kier alpha value is -3.26. The number of hydrogen-bond acceptors (Lipinski definition) is 7. The number of piperazine rings is 1. The van der Waals surface area contributed by atoms with Crippen LogP contribution in [0.4, 0.5) is 20.2 Å². The number of halogens is 3. The van der Waals surface area contributed by atoms with Crippen LogP contribution in [0.2, 0.25) is 5.02 Å². The molecule has 5 rings (SSSR count). The summed E-state index contributed by atoms with van der Waals surface area (Å²) in [5.41, 5.74) is -0.101. The molecule has 0 spiro atoms. The Morgan fingerprint density at radius 1 is 1.18 bits per heavy atom. The lowest BCUT2D eigenvalue weighted by Crippen LogP contribution is -2.49. The first kappa shape index (κ1) is 28.3. The molecule has 2 heterocycles. The molecule has 2 aromatic carbocycles. The van der Waals surface area contributed by atoms with Gasteiger partial charge in [-0.3, -0.25) is 4.79 Å². The fourth-order valence-corrected chi connectivity index (χ4v) is 6.01. The predicted molar refractivity (Wildman–Crippen MR) is 145 cm³/mol. The number of nitrogens with zero attached hydrogens (tertiary/aromatic N) is 5. The van der Waals surface area contributed by atoms with Crippen LogP contribution in [0.5, 0.6) is 5.75 Å². The zero-order chi connectivity index (χ0) is 28.6. The van der Waals surface area contributed by atoms with Gasteiger partial charge in [-0.15, -0.1) is 4.31 Å². The smallest absolute Gasteiger partial charge is 0.342 e. The first-order chi connectivity index (χ1) is 19.0. The summed E-state index contributed by atoms with van der Waals surface area (Å²) in [5, 5.41) is 13.7. The maximum Gasteiger partial charge on any atom is 0.342 e. The van der Waals surface area contributed by atoms with Crippen molar-refractivity contribution in [3.05, 3.63) is 80.1 Å². The molecule has 1 N–H and O–H groups in total. The predicted octanol–water partition coefficient (Wildman–Crippen LogP) is 4.13. The van der Waals surface area contributed by atoms with Gasteiger partial charge in [-0.25, -0.2) is 14.0 Å². The Morgan fingerprint density at radius 3 is 2.48 bits per heavy atom. The SMILES string of the molecule is CC1(COc2c(N3CCN([S+]([O-])Cc4cccc(Cl)c4[N+](=O)O)CC3)cnn(-c3cc(F)cc(F)c3)c2=O)CC1. The lowest BCUT2D eigenvalue weighted by molar-refractivity contribution is -0.730. The molecule has 1 atom stereocenters. The Kier molecular flexibility index (Phi) is 8.00. The van der Waals surface area contributed by atoms with Gasteiger partial charge >= 0.3 is 11.2 Å². The second-order valence-corrected chi connectivity index (χ2v) is 12.1. The summed E-state index contributed by atoms with van der Waals surface area (Å²) in [6, 6.07) is 7.39. The van der Waals surface area contributed by atoms with Gasteiger partial charge in [-0.2, -0.15) is 9.78 Å². The normalized spacial score (nSPS) is 17.5. The molecule has 1 aromatic heterocycles. The molecule has 14 heteroatoms. The number of ether oxygens (including phenoxy) is 1. The maximum atomic E-state index is 13.9. The van der Waals surface area contributed by atoms with Crippen LogP contribution in [-0.2, 0) is 17.1 Å². The van der Waals surface area contributed by atoms with Crippen LogP contribution in [0.15, 0.2) is 47.4 Å².